The molecule has 2 aromatic rings. The average molecular weight is 284 g/mol. The normalized spacial score (nSPS) is 9.95. The summed E-state index contributed by atoms with van der Waals surface area (Å²) >= 11 is 0. The standard InChI is InChI=1S/C16H16N2O3/c19-11-10-17-15(20)12-6-8-13(9-7-12)16(21)18-14-4-2-1-3-5-14/h1-9,19H,10-11H2,(H,17,20)(H,18,21). The molecule has 0 aliphatic carbocycles. The summed E-state index contributed by atoms with van der Waals surface area (Å²) in [6.45, 7) is 0.0956. The molecule has 0 radical (unpaired) electrons. The third-order valence-corrected chi connectivity index (χ3v) is 2.84. The van der Waals surface area contributed by atoms with E-state index in [4.69, 9.17) is 5.11 Å². The number of hydrogen-bond donors (Lipinski definition) is 3. The van der Waals surface area contributed by atoms with Gasteiger partial charge in [0.05, 0.1) is 6.61 Å². The molecule has 5 nitrogen and oxygen atoms in total. The predicted molar refractivity (Wildman–Crippen MR) is 80.3 cm³/mol. The topological polar surface area (TPSA) is 78.4 Å². The predicted octanol–water partition coefficient (Wildman–Crippen LogP) is 1.66. The Morgan fingerprint density at radius 2 is 1.43 bits per heavy atom. The van der Waals surface area contributed by atoms with Crippen LogP contribution in [0.2, 0.25) is 0 Å². The van der Waals surface area contributed by atoms with Gasteiger partial charge >= 0.3 is 0 Å². The third kappa shape index (κ3) is 4.15. The van der Waals surface area contributed by atoms with Crippen LogP contribution in [0.3, 0.4) is 0 Å². The highest BCUT2D eigenvalue weighted by atomic mass is 16.3. The summed E-state index contributed by atoms with van der Waals surface area (Å²) in [6, 6.07) is 15.5. The lowest BCUT2D eigenvalue weighted by atomic mass is 10.1. The lowest BCUT2D eigenvalue weighted by Gasteiger charge is -2.06. The van der Waals surface area contributed by atoms with Gasteiger partial charge in [-0.2, -0.15) is 0 Å². The SMILES string of the molecule is O=C(NCCO)c1ccc(C(=O)Nc2ccccc2)cc1. The van der Waals surface area contributed by atoms with Gasteiger partial charge in [-0.25, -0.2) is 0 Å². The van der Waals surface area contributed by atoms with Gasteiger partial charge in [-0.05, 0) is 36.4 Å². The van der Waals surface area contributed by atoms with Crippen LogP contribution >= 0.6 is 0 Å². The smallest absolute Gasteiger partial charge is 0.255 e. The molecule has 2 amide bonds. The molecule has 0 fully saturated rings. The molecule has 5 heteroatoms. The van der Waals surface area contributed by atoms with Crippen LogP contribution in [0, 0.1) is 0 Å². The molecule has 0 atom stereocenters. The van der Waals surface area contributed by atoms with Crippen molar-refractivity contribution >= 4 is 17.5 Å². The molecule has 0 aliphatic rings. The Balaban J connectivity index is 2.01. The molecule has 2 aromatic carbocycles. The zero-order chi connectivity index (χ0) is 15.1. The number of benzene rings is 2. The fraction of sp³-hybridized carbons (Fsp3) is 0.125. The molecular weight excluding hydrogens is 268 g/mol. The maximum absolute atomic E-state index is 12.0. The van der Waals surface area contributed by atoms with Gasteiger partial charge in [-0.1, -0.05) is 18.2 Å². The molecule has 0 saturated heterocycles. The second-order valence-corrected chi connectivity index (χ2v) is 4.38. The largest absolute Gasteiger partial charge is 0.395 e. The van der Waals surface area contributed by atoms with Crippen LogP contribution in [0.25, 0.3) is 0 Å². The van der Waals surface area contributed by atoms with E-state index in [2.05, 4.69) is 10.6 Å². The van der Waals surface area contributed by atoms with Gasteiger partial charge in [-0.15, -0.1) is 0 Å². The van der Waals surface area contributed by atoms with Crippen molar-refractivity contribution in [3.63, 3.8) is 0 Å². The van der Waals surface area contributed by atoms with E-state index in [1.807, 2.05) is 18.2 Å². The van der Waals surface area contributed by atoms with Crippen LogP contribution in [0.5, 0.6) is 0 Å². The highest BCUT2D eigenvalue weighted by molar-refractivity contribution is 6.05. The molecule has 0 heterocycles. The zero-order valence-corrected chi connectivity index (χ0v) is 11.4. The fourth-order valence-corrected chi connectivity index (χ4v) is 1.77. The zero-order valence-electron chi connectivity index (χ0n) is 11.4. The molecule has 0 aliphatic heterocycles. The number of carbonyl (C=O) groups is 2. The summed E-state index contributed by atoms with van der Waals surface area (Å²) in [4.78, 5) is 23.7. The molecule has 3 N–H and O–H groups in total. The molecule has 0 spiro atoms. The van der Waals surface area contributed by atoms with Crippen molar-refractivity contribution in [3.8, 4) is 0 Å². The Morgan fingerprint density at radius 1 is 0.857 bits per heavy atom. The van der Waals surface area contributed by atoms with Crippen LogP contribution in [0.15, 0.2) is 54.6 Å². The summed E-state index contributed by atoms with van der Waals surface area (Å²) in [6.07, 6.45) is 0. The van der Waals surface area contributed by atoms with Gasteiger partial charge in [0.1, 0.15) is 0 Å². The Morgan fingerprint density at radius 3 is 2.00 bits per heavy atom. The number of anilines is 1. The number of nitrogens with one attached hydrogen (secondary N) is 2. The van der Waals surface area contributed by atoms with E-state index in [0.29, 0.717) is 16.8 Å². The van der Waals surface area contributed by atoms with Crippen molar-refractivity contribution in [2.24, 2.45) is 0 Å². The van der Waals surface area contributed by atoms with Crippen LogP contribution in [-0.4, -0.2) is 30.1 Å². The Labute approximate surface area is 122 Å². The van der Waals surface area contributed by atoms with Crippen molar-refractivity contribution < 1.29 is 14.7 Å². The second kappa shape index (κ2) is 7.21. The number of para-hydroxylation sites is 1. The van der Waals surface area contributed by atoms with Gasteiger partial charge in [0.25, 0.3) is 11.8 Å². The number of aliphatic hydroxyl groups excluding tert-OH is 1. The van der Waals surface area contributed by atoms with E-state index in [-0.39, 0.29) is 25.0 Å². The summed E-state index contributed by atoms with van der Waals surface area (Å²) in [7, 11) is 0. The summed E-state index contributed by atoms with van der Waals surface area (Å²) in [5.74, 6) is -0.511. The molecule has 0 aromatic heterocycles. The molecule has 21 heavy (non-hydrogen) atoms. The lowest BCUT2D eigenvalue weighted by molar-refractivity contribution is 0.0943. The van der Waals surface area contributed by atoms with E-state index in [9.17, 15) is 9.59 Å². The Kier molecular flexibility index (Phi) is 5.06. The average Bonchev–Trinajstić information content (AvgIpc) is 2.53. The number of aliphatic hydroxyl groups is 1. The van der Waals surface area contributed by atoms with Crippen molar-refractivity contribution in [1.82, 2.24) is 5.32 Å². The number of amides is 2. The first-order valence-electron chi connectivity index (χ1n) is 6.56. The molecule has 108 valence electrons. The van der Waals surface area contributed by atoms with E-state index in [1.165, 1.54) is 0 Å². The van der Waals surface area contributed by atoms with Crippen LogP contribution in [0.1, 0.15) is 20.7 Å². The van der Waals surface area contributed by atoms with Crippen molar-refractivity contribution in [1.29, 1.82) is 0 Å². The highest BCUT2D eigenvalue weighted by Gasteiger charge is 2.08. The maximum Gasteiger partial charge on any atom is 0.255 e. The summed E-state index contributed by atoms with van der Waals surface area (Å²) in [5.41, 5.74) is 1.63. The van der Waals surface area contributed by atoms with E-state index < -0.39 is 0 Å². The molecule has 0 bridgehead atoms. The first-order valence-corrected chi connectivity index (χ1v) is 6.56. The van der Waals surface area contributed by atoms with Crippen LogP contribution < -0.4 is 10.6 Å². The summed E-state index contributed by atoms with van der Waals surface area (Å²) < 4.78 is 0. The van der Waals surface area contributed by atoms with E-state index in [0.717, 1.165) is 0 Å². The number of carbonyl (C=O) groups excluding carboxylic acids is 2. The minimum Gasteiger partial charge on any atom is -0.395 e. The van der Waals surface area contributed by atoms with Gasteiger partial charge in [0.2, 0.25) is 0 Å². The first kappa shape index (κ1) is 14.7. The Hall–Kier alpha value is -2.66. The lowest BCUT2D eigenvalue weighted by Crippen LogP contribution is -2.26. The van der Waals surface area contributed by atoms with Gasteiger partial charge < -0.3 is 15.7 Å². The monoisotopic (exact) mass is 284 g/mol. The fourth-order valence-electron chi connectivity index (χ4n) is 1.77. The van der Waals surface area contributed by atoms with Crippen LogP contribution in [0.4, 0.5) is 5.69 Å². The van der Waals surface area contributed by atoms with Gasteiger partial charge in [0.15, 0.2) is 0 Å². The van der Waals surface area contributed by atoms with Crippen molar-refractivity contribution in [2.45, 2.75) is 0 Å². The Bertz CT molecular complexity index is 609. The minimum atomic E-state index is -0.279. The van der Waals surface area contributed by atoms with Crippen molar-refractivity contribution in [3.05, 3.63) is 65.7 Å². The van der Waals surface area contributed by atoms with Crippen LogP contribution in [-0.2, 0) is 0 Å². The third-order valence-electron chi connectivity index (χ3n) is 2.84. The number of rotatable bonds is 5. The van der Waals surface area contributed by atoms with Gasteiger partial charge in [0, 0.05) is 23.4 Å². The van der Waals surface area contributed by atoms with Crippen molar-refractivity contribution in [2.75, 3.05) is 18.5 Å². The maximum atomic E-state index is 12.0. The molecule has 2 rings (SSSR count). The van der Waals surface area contributed by atoms with E-state index >= 15 is 0 Å². The van der Waals surface area contributed by atoms with E-state index in [1.54, 1.807) is 36.4 Å². The highest BCUT2D eigenvalue weighted by Crippen LogP contribution is 2.10. The van der Waals surface area contributed by atoms with Gasteiger partial charge in [-0.3, -0.25) is 9.59 Å². The molecular formula is C16H16N2O3. The first-order chi connectivity index (χ1) is 10.2. The molecule has 0 unspecified atom stereocenters. The second-order valence-electron chi connectivity index (χ2n) is 4.38. The quantitative estimate of drug-likeness (QED) is 0.781. The number of hydrogen-bond acceptors (Lipinski definition) is 3. The summed E-state index contributed by atoms with van der Waals surface area (Å²) in [5, 5.41) is 14.0. The minimum absolute atomic E-state index is 0.108. The molecule has 0 saturated carbocycles.